The van der Waals surface area contributed by atoms with E-state index in [0.29, 0.717) is 16.9 Å². The van der Waals surface area contributed by atoms with E-state index in [1.807, 2.05) is 0 Å². The summed E-state index contributed by atoms with van der Waals surface area (Å²) < 4.78 is 29.4. The summed E-state index contributed by atoms with van der Waals surface area (Å²) in [6.45, 7) is 5.03. The van der Waals surface area contributed by atoms with E-state index in [-0.39, 0.29) is 0 Å². The Kier molecular flexibility index (Phi) is 4.71. The number of halogens is 1. The van der Waals surface area contributed by atoms with Crippen molar-refractivity contribution in [3.05, 3.63) is 34.9 Å². The minimum absolute atomic E-state index is 0.420. The van der Waals surface area contributed by atoms with Crippen LogP contribution in [-0.2, 0) is 19.4 Å². The van der Waals surface area contributed by atoms with Crippen LogP contribution in [0.5, 0.6) is 0 Å². The highest BCUT2D eigenvalue weighted by Crippen LogP contribution is 2.54. The van der Waals surface area contributed by atoms with Crippen molar-refractivity contribution < 1.29 is 22.7 Å². The molecule has 132 valence electrons. The number of hydrogen-bond donors (Lipinski definition) is 1. The second-order valence-electron chi connectivity index (χ2n) is 6.96. The number of sulfone groups is 1. The van der Waals surface area contributed by atoms with Crippen LogP contribution in [0.2, 0.25) is 5.02 Å². The zero-order valence-corrected chi connectivity index (χ0v) is 15.4. The lowest BCUT2D eigenvalue weighted by Crippen LogP contribution is -2.45. The minimum Gasteiger partial charge on any atom is -0.444 e. The summed E-state index contributed by atoms with van der Waals surface area (Å²) in [6.07, 6.45) is 0.665. The number of rotatable bonds is 4. The van der Waals surface area contributed by atoms with Crippen LogP contribution in [0.3, 0.4) is 0 Å². The van der Waals surface area contributed by atoms with Gasteiger partial charge in [0.15, 0.2) is 9.84 Å². The maximum absolute atomic E-state index is 12.1. The van der Waals surface area contributed by atoms with Gasteiger partial charge in [0.05, 0.1) is 0 Å². The van der Waals surface area contributed by atoms with Gasteiger partial charge in [-0.1, -0.05) is 23.7 Å². The van der Waals surface area contributed by atoms with Gasteiger partial charge in [-0.2, -0.15) is 0 Å². The van der Waals surface area contributed by atoms with E-state index in [1.54, 1.807) is 45.0 Å². The Morgan fingerprint density at radius 2 is 2.00 bits per heavy atom. The Bertz CT molecular complexity index is 771. The maximum Gasteiger partial charge on any atom is 0.408 e. The topological polar surface area (TPSA) is 89.5 Å². The molecule has 0 spiro atoms. The average molecular weight is 374 g/mol. The quantitative estimate of drug-likeness (QED) is 0.818. The molecule has 1 N–H and O–H groups in total. The molecule has 1 aromatic carbocycles. The molecule has 0 unspecified atom stereocenters. The summed E-state index contributed by atoms with van der Waals surface area (Å²) in [7, 11) is -3.59. The van der Waals surface area contributed by atoms with E-state index in [2.05, 4.69) is 5.32 Å². The SMILES string of the molecule is CC(C)(C)OC(=O)N[C@]1(C=O)[C@H](c2cccc(Cl)c2)[C@H]1S(C)(=O)=O. The first-order valence-electron chi connectivity index (χ1n) is 7.32. The number of nitrogens with one attached hydrogen (secondary N) is 1. The molecule has 1 aromatic rings. The molecule has 1 aliphatic carbocycles. The first kappa shape index (κ1) is 18.7. The molecule has 1 aliphatic rings. The standard InChI is InChI=1S/C16H20ClNO5S/c1-15(2,3)23-14(20)18-16(9-19)12(13(16)24(4,21)22)10-6-5-7-11(17)8-10/h5-9,12-13H,1-4H3,(H,18,20)/t12-,13-,16-/m1/s1. The number of alkyl carbamates (subject to hydrolysis) is 1. The van der Waals surface area contributed by atoms with Crippen LogP contribution in [0.4, 0.5) is 4.79 Å². The molecule has 0 aliphatic heterocycles. The molecule has 2 rings (SSSR count). The lowest BCUT2D eigenvalue weighted by atomic mass is 10.1. The lowest BCUT2D eigenvalue weighted by molar-refractivity contribution is -0.110. The second kappa shape index (κ2) is 6.04. The molecule has 1 fully saturated rings. The number of benzene rings is 1. The van der Waals surface area contributed by atoms with Gasteiger partial charge in [-0.3, -0.25) is 0 Å². The monoisotopic (exact) mass is 373 g/mol. The summed E-state index contributed by atoms with van der Waals surface area (Å²) >= 11 is 5.96. The van der Waals surface area contributed by atoms with Crippen LogP contribution in [-0.4, -0.2) is 43.4 Å². The van der Waals surface area contributed by atoms with Crippen molar-refractivity contribution in [2.45, 2.75) is 43.1 Å². The van der Waals surface area contributed by atoms with Gasteiger partial charge in [0.25, 0.3) is 0 Å². The molecule has 0 radical (unpaired) electrons. The molecule has 1 saturated carbocycles. The van der Waals surface area contributed by atoms with Crippen molar-refractivity contribution in [2.24, 2.45) is 0 Å². The fraction of sp³-hybridized carbons (Fsp3) is 0.500. The molecule has 0 heterocycles. The number of aldehydes is 1. The van der Waals surface area contributed by atoms with Gasteiger partial charge in [-0.15, -0.1) is 0 Å². The maximum atomic E-state index is 12.1. The van der Waals surface area contributed by atoms with Crippen molar-refractivity contribution >= 4 is 33.8 Å². The van der Waals surface area contributed by atoms with Gasteiger partial charge < -0.3 is 14.8 Å². The van der Waals surface area contributed by atoms with Crippen LogP contribution < -0.4 is 5.32 Å². The molecule has 3 atom stereocenters. The van der Waals surface area contributed by atoms with E-state index >= 15 is 0 Å². The van der Waals surface area contributed by atoms with Gasteiger partial charge in [0, 0.05) is 17.2 Å². The van der Waals surface area contributed by atoms with E-state index in [4.69, 9.17) is 16.3 Å². The Hall–Kier alpha value is -1.60. The first-order valence-corrected chi connectivity index (χ1v) is 9.66. The van der Waals surface area contributed by atoms with E-state index < -0.39 is 38.2 Å². The number of carbonyl (C=O) groups is 2. The Balaban J connectivity index is 2.38. The smallest absolute Gasteiger partial charge is 0.408 e. The molecule has 8 heteroatoms. The van der Waals surface area contributed by atoms with Crippen LogP contribution in [0.15, 0.2) is 24.3 Å². The van der Waals surface area contributed by atoms with E-state index in [0.717, 1.165) is 6.26 Å². The van der Waals surface area contributed by atoms with Crippen molar-refractivity contribution in [3.8, 4) is 0 Å². The number of ether oxygens (including phenoxy) is 1. The van der Waals surface area contributed by atoms with Gasteiger partial charge in [-0.25, -0.2) is 13.2 Å². The molecule has 0 aromatic heterocycles. The summed E-state index contributed by atoms with van der Waals surface area (Å²) in [5.41, 5.74) is -1.75. The van der Waals surface area contributed by atoms with E-state index in [1.165, 1.54) is 0 Å². The van der Waals surface area contributed by atoms with Gasteiger partial charge >= 0.3 is 6.09 Å². The molecular formula is C16H20ClNO5S. The number of carbonyl (C=O) groups excluding carboxylic acids is 2. The molecule has 24 heavy (non-hydrogen) atoms. The average Bonchev–Trinajstić information content (AvgIpc) is 3.05. The van der Waals surface area contributed by atoms with Crippen molar-refractivity contribution in [1.29, 1.82) is 0 Å². The lowest BCUT2D eigenvalue weighted by Gasteiger charge is -2.22. The van der Waals surface area contributed by atoms with Crippen molar-refractivity contribution in [2.75, 3.05) is 6.26 Å². The number of amides is 1. The zero-order chi connectivity index (χ0) is 18.3. The van der Waals surface area contributed by atoms with Gasteiger partial charge in [-0.05, 0) is 38.5 Å². The summed E-state index contributed by atoms with van der Waals surface area (Å²) in [4.78, 5) is 23.8. The summed E-state index contributed by atoms with van der Waals surface area (Å²) in [5, 5.41) is 1.81. The van der Waals surface area contributed by atoms with Crippen LogP contribution >= 0.6 is 11.6 Å². The van der Waals surface area contributed by atoms with E-state index in [9.17, 15) is 18.0 Å². The number of hydrogen-bond acceptors (Lipinski definition) is 5. The highest BCUT2D eigenvalue weighted by Gasteiger charge is 2.71. The first-order chi connectivity index (χ1) is 10.9. The van der Waals surface area contributed by atoms with Crippen molar-refractivity contribution in [1.82, 2.24) is 5.32 Å². The molecule has 1 amide bonds. The third-order valence-electron chi connectivity index (χ3n) is 3.76. The highest BCUT2D eigenvalue weighted by atomic mass is 35.5. The predicted octanol–water partition coefficient (Wildman–Crippen LogP) is 2.31. The predicted molar refractivity (Wildman–Crippen MR) is 91.0 cm³/mol. The minimum atomic E-state index is -3.59. The Labute approximate surface area is 146 Å². The van der Waals surface area contributed by atoms with Crippen LogP contribution in [0.25, 0.3) is 0 Å². The fourth-order valence-electron chi connectivity index (χ4n) is 2.93. The molecule has 0 bridgehead atoms. The molecule has 6 nitrogen and oxygen atoms in total. The molecular weight excluding hydrogens is 354 g/mol. The second-order valence-corrected chi connectivity index (χ2v) is 9.56. The fourth-order valence-corrected chi connectivity index (χ4v) is 4.89. The zero-order valence-electron chi connectivity index (χ0n) is 13.9. The highest BCUT2D eigenvalue weighted by molar-refractivity contribution is 7.91. The summed E-state index contributed by atoms with van der Waals surface area (Å²) in [5.74, 6) is -0.712. The Morgan fingerprint density at radius 1 is 1.38 bits per heavy atom. The largest absolute Gasteiger partial charge is 0.444 e. The van der Waals surface area contributed by atoms with Crippen molar-refractivity contribution in [3.63, 3.8) is 0 Å². The van der Waals surface area contributed by atoms with Gasteiger partial charge in [0.1, 0.15) is 22.7 Å². The van der Waals surface area contributed by atoms with Crippen LogP contribution in [0, 0.1) is 0 Å². The van der Waals surface area contributed by atoms with Gasteiger partial charge in [0.2, 0.25) is 0 Å². The Morgan fingerprint density at radius 3 is 2.46 bits per heavy atom. The third-order valence-corrected chi connectivity index (χ3v) is 5.58. The molecule has 0 saturated heterocycles. The normalized spacial score (nSPS) is 26.5. The third kappa shape index (κ3) is 3.72. The van der Waals surface area contributed by atoms with Crippen LogP contribution in [0.1, 0.15) is 32.3 Å². The summed E-state index contributed by atoms with van der Waals surface area (Å²) in [6, 6.07) is 6.58.